The largest absolute Gasteiger partial charge is 0.278 e. The third-order valence-electron chi connectivity index (χ3n) is 3.91. The number of benzene rings is 3. The number of hydrogen-bond acceptors (Lipinski definition) is 4. The van der Waals surface area contributed by atoms with E-state index in [0.717, 1.165) is 27.2 Å². The van der Waals surface area contributed by atoms with Crippen molar-refractivity contribution in [3.63, 3.8) is 0 Å². The summed E-state index contributed by atoms with van der Waals surface area (Å²) >= 11 is 0. The number of nitrogens with zero attached hydrogens (tertiary/aromatic N) is 1. The molecule has 1 N–H and O–H groups in total. The molecule has 3 aromatic carbocycles. The molecule has 0 aliphatic carbocycles. The Balaban J connectivity index is 1.70. The molecule has 0 saturated carbocycles. The zero-order valence-corrected chi connectivity index (χ0v) is 13.5. The van der Waals surface area contributed by atoms with Gasteiger partial charge in [0.15, 0.2) is 9.84 Å². The van der Waals surface area contributed by atoms with Crippen molar-refractivity contribution in [1.82, 2.24) is 5.43 Å². The van der Waals surface area contributed by atoms with E-state index in [-0.39, 0.29) is 0 Å². The number of rotatable bonds is 3. The summed E-state index contributed by atoms with van der Waals surface area (Å²) in [6, 6.07) is 18.6. The predicted molar refractivity (Wildman–Crippen MR) is 98.3 cm³/mol. The fourth-order valence-electron chi connectivity index (χ4n) is 2.77. The van der Waals surface area contributed by atoms with Crippen LogP contribution < -0.4 is 5.43 Å². The second-order valence-electron chi connectivity index (χ2n) is 5.60. The lowest BCUT2D eigenvalue weighted by atomic mass is 10.0. The Bertz CT molecular complexity index is 1140. The van der Waals surface area contributed by atoms with E-state index >= 15 is 0 Å². The summed E-state index contributed by atoms with van der Waals surface area (Å²) in [5.41, 5.74) is 4.18. The fraction of sp³-hybridized carbons (Fsp3) is 0. The van der Waals surface area contributed by atoms with Crippen LogP contribution in [0.4, 0.5) is 0 Å². The first kappa shape index (κ1) is 14.7. The van der Waals surface area contributed by atoms with Crippen LogP contribution in [0.25, 0.3) is 21.5 Å². The number of fused-ring (bicyclic) bond motifs is 2. The molecule has 0 atom stereocenters. The van der Waals surface area contributed by atoms with Crippen LogP contribution in [0.15, 0.2) is 82.3 Å². The quantitative estimate of drug-likeness (QED) is 0.451. The molecular formula is C19H14N2O2S. The van der Waals surface area contributed by atoms with Crippen molar-refractivity contribution in [2.45, 2.75) is 0 Å². The van der Waals surface area contributed by atoms with E-state index in [4.69, 9.17) is 0 Å². The molecule has 0 spiro atoms. The maximum atomic E-state index is 11.3. The lowest BCUT2D eigenvalue weighted by molar-refractivity contribution is 0.613. The van der Waals surface area contributed by atoms with Gasteiger partial charge in [0.2, 0.25) is 0 Å². The summed E-state index contributed by atoms with van der Waals surface area (Å²) in [6.07, 6.45) is 3.19. The van der Waals surface area contributed by atoms with Gasteiger partial charge in [0, 0.05) is 11.0 Å². The first-order valence-corrected chi connectivity index (χ1v) is 9.07. The summed E-state index contributed by atoms with van der Waals surface area (Å²) < 4.78 is 22.6. The van der Waals surface area contributed by atoms with Crippen molar-refractivity contribution in [2.24, 2.45) is 5.10 Å². The van der Waals surface area contributed by atoms with Crippen LogP contribution in [-0.4, -0.2) is 14.6 Å². The van der Waals surface area contributed by atoms with Crippen LogP contribution >= 0.6 is 0 Å². The normalized spacial score (nSPS) is 16.1. The Morgan fingerprint density at radius 2 is 1.67 bits per heavy atom. The molecule has 0 amide bonds. The molecule has 0 saturated heterocycles. The van der Waals surface area contributed by atoms with Crippen LogP contribution in [0.1, 0.15) is 5.56 Å². The van der Waals surface area contributed by atoms with Crippen molar-refractivity contribution in [2.75, 3.05) is 0 Å². The minimum atomic E-state index is -3.23. The summed E-state index contributed by atoms with van der Waals surface area (Å²) in [6.45, 7) is 0. The molecule has 3 aromatic rings. The van der Waals surface area contributed by atoms with Gasteiger partial charge in [0.25, 0.3) is 0 Å². The Morgan fingerprint density at radius 1 is 0.917 bits per heavy atom. The van der Waals surface area contributed by atoms with E-state index < -0.39 is 9.84 Å². The summed E-state index contributed by atoms with van der Waals surface area (Å²) in [5.74, 6) is 0. The standard InChI is InChI=1S/C19H14N2O2S/c22-24(23)9-8-18(13-24)21-20-12-17-7-3-6-16-10-14-4-1-2-5-15(14)11-19(16)17/h1-13,21H. The highest BCUT2D eigenvalue weighted by Crippen LogP contribution is 2.24. The number of allylic oxidation sites excluding steroid dienone is 1. The molecule has 4 rings (SSSR count). The van der Waals surface area contributed by atoms with Gasteiger partial charge in [0.1, 0.15) is 0 Å². The van der Waals surface area contributed by atoms with Crippen LogP contribution in [0.3, 0.4) is 0 Å². The van der Waals surface area contributed by atoms with Crippen molar-refractivity contribution in [3.05, 3.63) is 82.7 Å². The maximum Gasteiger partial charge on any atom is 0.195 e. The average Bonchev–Trinajstić information content (AvgIpc) is 2.92. The van der Waals surface area contributed by atoms with E-state index in [1.54, 1.807) is 6.21 Å². The minimum Gasteiger partial charge on any atom is -0.278 e. The summed E-state index contributed by atoms with van der Waals surface area (Å²) in [7, 11) is -3.23. The first-order chi connectivity index (χ1) is 11.6. The van der Waals surface area contributed by atoms with E-state index in [1.807, 2.05) is 24.3 Å². The van der Waals surface area contributed by atoms with Crippen LogP contribution in [-0.2, 0) is 9.84 Å². The number of hydrazone groups is 1. The number of nitrogens with one attached hydrogen (secondary N) is 1. The molecule has 0 bridgehead atoms. The van der Waals surface area contributed by atoms with E-state index in [9.17, 15) is 8.42 Å². The maximum absolute atomic E-state index is 11.3. The molecule has 1 aliphatic heterocycles. The van der Waals surface area contributed by atoms with Crippen molar-refractivity contribution in [1.29, 1.82) is 0 Å². The van der Waals surface area contributed by atoms with Gasteiger partial charge in [-0.15, -0.1) is 0 Å². The Morgan fingerprint density at radius 3 is 2.42 bits per heavy atom. The second-order valence-corrected chi connectivity index (χ2v) is 7.29. The van der Waals surface area contributed by atoms with Crippen LogP contribution in [0, 0.1) is 0 Å². The second kappa shape index (κ2) is 5.62. The molecule has 1 heterocycles. The fourth-order valence-corrected chi connectivity index (χ4v) is 3.67. The van der Waals surface area contributed by atoms with Crippen molar-refractivity contribution in [3.8, 4) is 0 Å². The SMILES string of the molecule is O=S1(=O)C=CC(NN=Cc2cccc3cc4ccccc4cc23)=C1. The van der Waals surface area contributed by atoms with Gasteiger partial charge in [-0.2, -0.15) is 5.10 Å². The third-order valence-corrected chi connectivity index (χ3v) is 5.00. The third kappa shape index (κ3) is 2.81. The van der Waals surface area contributed by atoms with Crippen molar-refractivity contribution < 1.29 is 8.42 Å². The van der Waals surface area contributed by atoms with Crippen LogP contribution in [0.5, 0.6) is 0 Å². The highest BCUT2D eigenvalue weighted by Gasteiger charge is 2.10. The van der Waals surface area contributed by atoms with Gasteiger partial charge in [-0.05, 0) is 39.8 Å². The van der Waals surface area contributed by atoms with Gasteiger partial charge < -0.3 is 0 Å². The zero-order chi connectivity index (χ0) is 16.6. The van der Waals surface area contributed by atoms with Gasteiger partial charge >= 0.3 is 0 Å². The lowest BCUT2D eigenvalue weighted by Gasteiger charge is -2.05. The Labute approximate surface area is 139 Å². The van der Waals surface area contributed by atoms with E-state index in [1.165, 1.54) is 16.8 Å². The molecule has 1 aliphatic rings. The van der Waals surface area contributed by atoms with Crippen molar-refractivity contribution >= 4 is 37.6 Å². The monoisotopic (exact) mass is 334 g/mol. The molecule has 4 nitrogen and oxygen atoms in total. The van der Waals surface area contributed by atoms with Gasteiger partial charge in [-0.1, -0.05) is 42.5 Å². The van der Waals surface area contributed by atoms with E-state index in [2.05, 4.69) is 40.9 Å². The van der Waals surface area contributed by atoms with E-state index in [0.29, 0.717) is 5.70 Å². The molecule has 0 radical (unpaired) electrons. The minimum absolute atomic E-state index is 0.455. The molecule has 118 valence electrons. The summed E-state index contributed by atoms with van der Waals surface area (Å²) in [4.78, 5) is 0. The predicted octanol–water partition coefficient (Wildman–Crippen LogP) is 3.70. The average molecular weight is 334 g/mol. The molecular weight excluding hydrogens is 320 g/mol. The van der Waals surface area contributed by atoms with Gasteiger partial charge in [-0.25, -0.2) is 8.42 Å². The topological polar surface area (TPSA) is 58.5 Å². The molecule has 24 heavy (non-hydrogen) atoms. The van der Waals surface area contributed by atoms with Crippen LogP contribution in [0.2, 0.25) is 0 Å². The molecule has 5 heteroatoms. The highest BCUT2D eigenvalue weighted by molar-refractivity contribution is 7.97. The smallest absolute Gasteiger partial charge is 0.195 e. The van der Waals surface area contributed by atoms with Gasteiger partial charge in [-0.3, -0.25) is 5.43 Å². The Kier molecular flexibility index (Phi) is 3.43. The Hall–Kier alpha value is -2.92. The zero-order valence-electron chi connectivity index (χ0n) is 12.7. The molecule has 0 aromatic heterocycles. The lowest BCUT2D eigenvalue weighted by Crippen LogP contribution is -2.02. The number of hydrogen-bond donors (Lipinski definition) is 1. The molecule has 0 fully saturated rings. The summed E-state index contributed by atoms with van der Waals surface area (Å²) in [5, 5.41) is 11.1. The highest BCUT2D eigenvalue weighted by atomic mass is 32.2. The molecule has 0 unspecified atom stereocenters. The number of sulfone groups is 1. The first-order valence-electron chi connectivity index (χ1n) is 7.46. The van der Waals surface area contributed by atoms with Gasteiger partial charge in [0.05, 0.1) is 17.3 Å².